The van der Waals surface area contributed by atoms with E-state index in [0.717, 1.165) is 36.1 Å². The summed E-state index contributed by atoms with van der Waals surface area (Å²) in [6.07, 6.45) is 8.44. The molecule has 1 aliphatic carbocycles. The Bertz CT molecular complexity index is 621. The van der Waals surface area contributed by atoms with Crippen LogP contribution in [-0.4, -0.2) is 10.7 Å². The molecule has 1 aliphatic heterocycles. The van der Waals surface area contributed by atoms with Crippen LogP contribution < -0.4 is 4.74 Å². The van der Waals surface area contributed by atoms with E-state index in [-0.39, 0.29) is 16.4 Å². The third kappa shape index (κ3) is 3.05. The fourth-order valence-electron chi connectivity index (χ4n) is 4.58. The topological polar surface area (TPSA) is 29.5 Å². The molecule has 0 atom stereocenters. The number of benzene rings is 1. The predicted octanol–water partition coefficient (Wildman–Crippen LogP) is 6.02. The van der Waals surface area contributed by atoms with E-state index in [1.165, 1.54) is 31.2 Å². The van der Waals surface area contributed by atoms with Crippen molar-refractivity contribution in [2.24, 2.45) is 0 Å². The molecule has 0 radical (unpaired) electrons. The number of ether oxygens (including phenoxy) is 1. The zero-order chi connectivity index (χ0) is 17.8. The summed E-state index contributed by atoms with van der Waals surface area (Å²) in [5.41, 5.74) is 3.16. The molecule has 1 aromatic rings. The lowest BCUT2D eigenvalue weighted by Gasteiger charge is -2.29. The normalized spacial score (nSPS) is 20.6. The molecule has 3 rings (SSSR count). The monoisotopic (exact) mass is 330 g/mol. The molecule has 2 heteroatoms. The summed E-state index contributed by atoms with van der Waals surface area (Å²) in [7, 11) is 0. The SMILES string of the molecule is CC(C)(C)c1cc2c(c(C(C)(C)C)c1O)CC1(CCCCCC1)O2. The molecule has 1 N–H and O–H groups in total. The van der Waals surface area contributed by atoms with E-state index < -0.39 is 0 Å². The van der Waals surface area contributed by atoms with Crippen LogP contribution >= 0.6 is 0 Å². The lowest BCUT2D eigenvalue weighted by Crippen LogP contribution is -2.33. The van der Waals surface area contributed by atoms with Crippen LogP contribution in [0.1, 0.15) is 96.8 Å². The highest BCUT2D eigenvalue weighted by Gasteiger charge is 2.43. The lowest BCUT2D eigenvalue weighted by molar-refractivity contribution is 0.0771. The zero-order valence-corrected chi connectivity index (χ0v) is 16.4. The van der Waals surface area contributed by atoms with Crippen LogP contribution in [-0.2, 0) is 17.3 Å². The molecule has 0 aromatic heterocycles. The molecular weight excluding hydrogens is 296 g/mol. The standard InChI is InChI=1S/C22H34O2/c1-20(2,3)16-13-17-15(18(19(16)23)21(4,5)6)14-22(24-17)11-9-7-8-10-12-22/h13,23H,7-12,14H2,1-6H3. The van der Waals surface area contributed by atoms with Gasteiger partial charge >= 0.3 is 0 Å². The van der Waals surface area contributed by atoms with Crippen molar-refractivity contribution in [3.8, 4) is 11.5 Å². The Balaban J connectivity index is 2.14. The average Bonchev–Trinajstić information content (AvgIpc) is 2.60. The van der Waals surface area contributed by atoms with Crippen molar-refractivity contribution < 1.29 is 9.84 Å². The molecule has 134 valence electrons. The van der Waals surface area contributed by atoms with Gasteiger partial charge in [0.2, 0.25) is 0 Å². The van der Waals surface area contributed by atoms with E-state index in [1.54, 1.807) is 0 Å². The van der Waals surface area contributed by atoms with Crippen molar-refractivity contribution in [3.05, 3.63) is 22.8 Å². The molecule has 24 heavy (non-hydrogen) atoms. The number of phenols is 1. The second-order valence-electron chi connectivity index (χ2n) is 10.0. The number of hydrogen-bond acceptors (Lipinski definition) is 2. The van der Waals surface area contributed by atoms with Crippen molar-refractivity contribution in [3.63, 3.8) is 0 Å². The first kappa shape index (κ1) is 17.6. The van der Waals surface area contributed by atoms with E-state index in [9.17, 15) is 5.11 Å². The minimum absolute atomic E-state index is 0.0260. The minimum Gasteiger partial charge on any atom is -0.507 e. The average molecular weight is 331 g/mol. The number of aromatic hydroxyl groups is 1. The number of fused-ring (bicyclic) bond motifs is 1. The molecule has 1 fully saturated rings. The molecule has 0 bridgehead atoms. The van der Waals surface area contributed by atoms with Crippen molar-refractivity contribution >= 4 is 0 Å². The van der Waals surface area contributed by atoms with Crippen LogP contribution in [0.3, 0.4) is 0 Å². The quantitative estimate of drug-likeness (QED) is 0.630. The van der Waals surface area contributed by atoms with E-state index >= 15 is 0 Å². The van der Waals surface area contributed by atoms with Gasteiger partial charge < -0.3 is 9.84 Å². The van der Waals surface area contributed by atoms with Gasteiger partial charge in [-0.05, 0) is 42.6 Å². The van der Waals surface area contributed by atoms with Gasteiger partial charge in [-0.15, -0.1) is 0 Å². The largest absolute Gasteiger partial charge is 0.507 e. The number of rotatable bonds is 0. The van der Waals surface area contributed by atoms with Gasteiger partial charge in [-0.25, -0.2) is 0 Å². The molecule has 0 unspecified atom stereocenters. The molecule has 1 saturated carbocycles. The molecule has 2 nitrogen and oxygen atoms in total. The van der Waals surface area contributed by atoms with Crippen molar-refractivity contribution in [1.82, 2.24) is 0 Å². The summed E-state index contributed by atoms with van der Waals surface area (Å²) in [4.78, 5) is 0. The molecular formula is C22H34O2. The van der Waals surface area contributed by atoms with Crippen molar-refractivity contribution in [1.29, 1.82) is 0 Å². The Hall–Kier alpha value is -1.18. The Morgan fingerprint density at radius 2 is 1.50 bits per heavy atom. The smallest absolute Gasteiger partial charge is 0.124 e. The van der Waals surface area contributed by atoms with Crippen LogP contribution in [0.2, 0.25) is 0 Å². The van der Waals surface area contributed by atoms with Gasteiger partial charge in [0.05, 0.1) is 0 Å². The number of phenolic OH excluding ortho intramolecular Hbond substituents is 1. The zero-order valence-electron chi connectivity index (χ0n) is 16.4. The van der Waals surface area contributed by atoms with Crippen molar-refractivity contribution in [2.75, 3.05) is 0 Å². The van der Waals surface area contributed by atoms with Gasteiger partial charge in [-0.3, -0.25) is 0 Å². The van der Waals surface area contributed by atoms with Crippen LogP contribution in [0.5, 0.6) is 11.5 Å². The van der Waals surface area contributed by atoms with Gasteiger partial charge in [0.1, 0.15) is 17.1 Å². The third-order valence-electron chi connectivity index (χ3n) is 5.76. The number of hydrogen-bond donors (Lipinski definition) is 1. The predicted molar refractivity (Wildman–Crippen MR) is 100 cm³/mol. The van der Waals surface area contributed by atoms with Crippen LogP contribution in [0.15, 0.2) is 6.07 Å². The van der Waals surface area contributed by atoms with Crippen LogP contribution in [0.25, 0.3) is 0 Å². The summed E-state index contributed by atoms with van der Waals surface area (Å²) < 4.78 is 6.63. The van der Waals surface area contributed by atoms with Gasteiger partial charge in [0.25, 0.3) is 0 Å². The summed E-state index contributed by atoms with van der Waals surface area (Å²) in [5.74, 6) is 1.52. The molecule has 0 amide bonds. The summed E-state index contributed by atoms with van der Waals surface area (Å²) >= 11 is 0. The van der Waals surface area contributed by atoms with Crippen LogP contribution in [0, 0.1) is 0 Å². The molecule has 2 aliphatic rings. The summed E-state index contributed by atoms with van der Waals surface area (Å²) in [5, 5.41) is 11.1. The summed E-state index contributed by atoms with van der Waals surface area (Å²) in [6.45, 7) is 13.1. The highest BCUT2D eigenvalue weighted by molar-refractivity contribution is 5.59. The van der Waals surface area contributed by atoms with Gasteiger partial charge in [-0.2, -0.15) is 0 Å². The van der Waals surface area contributed by atoms with E-state index in [4.69, 9.17) is 4.74 Å². The first-order valence-corrected chi connectivity index (χ1v) is 9.62. The molecule has 0 saturated heterocycles. The first-order valence-electron chi connectivity index (χ1n) is 9.62. The third-order valence-corrected chi connectivity index (χ3v) is 5.76. The van der Waals surface area contributed by atoms with Gasteiger partial charge in [0, 0.05) is 23.1 Å². The van der Waals surface area contributed by atoms with E-state index in [0.29, 0.717) is 5.75 Å². The Morgan fingerprint density at radius 3 is 2.00 bits per heavy atom. The van der Waals surface area contributed by atoms with E-state index in [2.05, 4.69) is 47.6 Å². The second-order valence-corrected chi connectivity index (χ2v) is 10.0. The van der Waals surface area contributed by atoms with Gasteiger partial charge in [0.15, 0.2) is 0 Å². The van der Waals surface area contributed by atoms with Gasteiger partial charge in [-0.1, -0.05) is 54.4 Å². The molecule has 1 aromatic carbocycles. The maximum atomic E-state index is 11.1. The molecule has 1 heterocycles. The first-order chi connectivity index (χ1) is 11.0. The maximum absolute atomic E-state index is 11.1. The van der Waals surface area contributed by atoms with E-state index in [1.807, 2.05) is 0 Å². The minimum atomic E-state index is -0.0956. The highest BCUT2D eigenvalue weighted by atomic mass is 16.5. The van der Waals surface area contributed by atoms with Crippen molar-refractivity contribution in [2.45, 2.75) is 103 Å². The summed E-state index contributed by atoms with van der Waals surface area (Å²) in [6, 6.07) is 2.12. The Labute approximate surface area is 147 Å². The van der Waals surface area contributed by atoms with Crippen LogP contribution in [0.4, 0.5) is 0 Å². The molecule has 1 spiro atoms. The Kier molecular flexibility index (Phi) is 4.17. The lowest BCUT2D eigenvalue weighted by atomic mass is 9.75. The second kappa shape index (κ2) is 5.68. The Morgan fingerprint density at radius 1 is 0.917 bits per heavy atom. The maximum Gasteiger partial charge on any atom is 0.124 e. The fourth-order valence-corrected chi connectivity index (χ4v) is 4.58. The highest BCUT2D eigenvalue weighted by Crippen LogP contribution is 2.51. The fraction of sp³-hybridized carbons (Fsp3) is 0.727.